The Morgan fingerprint density at radius 2 is 2.07 bits per heavy atom. The molecule has 1 aromatic carbocycles. The molecular weight excluding hydrogens is 192 g/mol. The fraction of sp³-hybridized carbons (Fsp3) is 0.273. The number of aliphatic hydroxyl groups excluding tert-OH is 1. The van der Waals surface area contributed by atoms with Crippen molar-refractivity contribution in [2.75, 3.05) is 0 Å². The molecule has 0 saturated heterocycles. The summed E-state index contributed by atoms with van der Waals surface area (Å²) >= 11 is 0. The molecule has 0 bridgehead atoms. The van der Waals surface area contributed by atoms with Gasteiger partial charge in [-0.15, -0.1) is 0 Å². The van der Waals surface area contributed by atoms with Crippen LogP contribution in [0, 0.1) is 0 Å². The van der Waals surface area contributed by atoms with Crippen LogP contribution in [-0.2, 0) is 6.42 Å². The van der Waals surface area contributed by atoms with Gasteiger partial charge in [0.05, 0.1) is 0 Å². The van der Waals surface area contributed by atoms with E-state index in [-0.39, 0.29) is 5.89 Å². The summed E-state index contributed by atoms with van der Waals surface area (Å²) in [6.07, 6.45) is -0.0844. The summed E-state index contributed by atoms with van der Waals surface area (Å²) in [5, 5.41) is 13.0. The van der Waals surface area contributed by atoms with Gasteiger partial charge < -0.3 is 9.63 Å². The quantitative estimate of drug-likeness (QED) is 0.826. The van der Waals surface area contributed by atoms with Crippen molar-refractivity contribution < 1.29 is 9.63 Å². The zero-order valence-corrected chi connectivity index (χ0v) is 8.42. The Hall–Kier alpha value is -1.68. The highest BCUT2D eigenvalue weighted by Gasteiger charge is 2.10. The van der Waals surface area contributed by atoms with Gasteiger partial charge in [0, 0.05) is 6.42 Å². The molecule has 15 heavy (non-hydrogen) atoms. The van der Waals surface area contributed by atoms with E-state index in [9.17, 15) is 5.11 Å². The first-order valence-corrected chi connectivity index (χ1v) is 4.80. The molecular formula is C11H12N2O2. The van der Waals surface area contributed by atoms with Gasteiger partial charge in [0.25, 0.3) is 5.89 Å². The molecule has 0 amide bonds. The maximum Gasteiger partial charge on any atom is 0.255 e. The van der Waals surface area contributed by atoms with E-state index in [0.717, 1.165) is 5.56 Å². The molecule has 0 unspecified atom stereocenters. The number of nitrogens with zero attached hydrogens (tertiary/aromatic N) is 2. The van der Waals surface area contributed by atoms with Crippen LogP contribution in [0.1, 0.15) is 30.3 Å². The minimum atomic E-state index is -0.706. The maximum atomic E-state index is 9.21. The molecule has 1 N–H and O–H groups in total. The molecule has 78 valence electrons. The van der Waals surface area contributed by atoms with Crippen molar-refractivity contribution in [3.8, 4) is 0 Å². The number of hydrogen-bond acceptors (Lipinski definition) is 4. The third-order valence-electron chi connectivity index (χ3n) is 2.05. The van der Waals surface area contributed by atoms with Crippen molar-refractivity contribution in [3.63, 3.8) is 0 Å². The molecule has 0 spiro atoms. The van der Waals surface area contributed by atoms with Crippen molar-refractivity contribution in [2.24, 2.45) is 0 Å². The van der Waals surface area contributed by atoms with Crippen molar-refractivity contribution >= 4 is 0 Å². The monoisotopic (exact) mass is 204 g/mol. The minimum Gasteiger partial charge on any atom is -0.384 e. The lowest BCUT2D eigenvalue weighted by molar-refractivity contribution is 0.151. The molecule has 0 aliphatic rings. The number of aliphatic hydroxyl groups is 1. The molecule has 2 rings (SSSR count). The molecule has 0 aliphatic carbocycles. The fourth-order valence-electron chi connectivity index (χ4n) is 1.29. The van der Waals surface area contributed by atoms with Crippen LogP contribution in [0.25, 0.3) is 0 Å². The number of hydrogen-bond donors (Lipinski definition) is 1. The molecule has 4 nitrogen and oxygen atoms in total. The second-order valence-corrected chi connectivity index (χ2v) is 3.39. The van der Waals surface area contributed by atoms with E-state index in [4.69, 9.17) is 4.52 Å². The van der Waals surface area contributed by atoms with Crippen LogP contribution in [0.4, 0.5) is 0 Å². The second kappa shape index (κ2) is 4.23. The van der Waals surface area contributed by atoms with Gasteiger partial charge in [0.15, 0.2) is 5.82 Å². The van der Waals surface area contributed by atoms with Crippen LogP contribution < -0.4 is 0 Å². The molecule has 0 saturated carbocycles. The Balaban J connectivity index is 2.12. The van der Waals surface area contributed by atoms with Crippen molar-refractivity contribution in [1.82, 2.24) is 10.1 Å². The minimum absolute atomic E-state index is 0.265. The third kappa shape index (κ3) is 2.41. The highest BCUT2D eigenvalue weighted by molar-refractivity contribution is 5.18. The summed E-state index contributed by atoms with van der Waals surface area (Å²) in [5.74, 6) is 0.859. The van der Waals surface area contributed by atoms with Gasteiger partial charge in [-0.1, -0.05) is 35.5 Å². The molecule has 1 heterocycles. The predicted molar refractivity (Wildman–Crippen MR) is 54.2 cm³/mol. The molecule has 0 fully saturated rings. The first-order chi connectivity index (χ1) is 7.25. The Morgan fingerprint density at radius 3 is 2.67 bits per heavy atom. The summed E-state index contributed by atoms with van der Waals surface area (Å²) in [6, 6.07) is 9.88. The summed E-state index contributed by atoms with van der Waals surface area (Å²) in [7, 11) is 0. The average Bonchev–Trinajstić information content (AvgIpc) is 2.68. The Labute approximate surface area is 87.6 Å². The zero-order valence-electron chi connectivity index (χ0n) is 8.42. The topological polar surface area (TPSA) is 59.2 Å². The highest BCUT2D eigenvalue weighted by Crippen LogP contribution is 2.11. The summed E-state index contributed by atoms with van der Waals surface area (Å²) in [4.78, 5) is 4.08. The number of aromatic nitrogens is 2. The van der Waals surface area contributed by atoms with E-state index >= 15 is 0 Å². The summed E-state index contributed by atoms with van der Waals surface area (Å²) < 4.78 is 4.89. The van der Waals surface area contributed by atoms with Crippen LogP contribution in [0.15, 0.2) is 34.9 Å². The van der Waals surface area contributed by atoms with Gasteiger partial charge in [-0.3, -0.25) is 0 Å². The number of benzene rings is 1. The Morgan fingerprint density at radius 1 is 1.33 bits per heavy atom. The van der Waals surface area contributed by atoms with Gasteiger partial charge in [-0.25, -0.2) is 0 Å². The van der Waals surface area contributed by atoms with E-state index in [2.05, 4.69) is 10.1 Å². The fourth-order valence-corrected chi connectivity index (χ4v) is 1.29. The van der Waals surface area contributed by atoms with Gasteiger partial charge in [0.2, 0.25) is 0 Å². The normalized spacial score (nSPS) is 12.7. The molecule has 4 heteroatoms. The molecule has 0 radical (unpaired) electrons. The smallest absolute Gasteiger partial charge is 0.255 e. The lowest BCUT2D eigenvalue weighted by Crippen LogP contribution is -1.93. The lowest BCUT2D eigenvalue weighted by Gasteiger charge is -1.94. The van der Waals surface area contributed by atoms with Crippen LogP contribution in [0.5, 0.6) is 0 Å². The van der Waals surface area contributed by atoms with E-state index in [1.54, 1.807) is 6.92 Å². The van der Waals surface area contributed by atoms with Crippen molar-refractivity contribution in [2.45, 2.75) is 19.4 Å². The molecule has 1 atom stereocenters. The largest absolute Gasteiger partial charge is 0.384 e. The van der Waals surface area contributed by atoms with Crippen LogP contribution in [0.3, 0.4) is 0 Å². The van der Waals surface area contributed by atoms with Crippen molar-refractivity contribution in [3.05, 3.63) is 47.6 Å². The van der Waals surface area contributed by atoms with Crippen LogP contribution in [-0.4, -0.2) is 15.2 Å². The lowest BCUT2D eigenvalue weighted by atomic mass is 10.1. The van der Waals surface area contributed by atoms with E-state index < -0.39 is 6.10 Å². The Bertz CT molecular complexity index is 423. The van der Waals surface area contributed by atoms with Crippen LogP contribution in [0.2, 0.25) is 0 Å². The van der Waals surface area contributed by atoms with Gasteiger partial charge >= 0.3 is 0 Å². The van der Waals surface area contributed by atoms with E-state index in [1.807, 2.05) is 30.3 Å². The van der Waals surface area contributed by atoms with E-state index in [1.165, 1.54) is 0 Å². The van der Waals surface area contributed by atoms with Crippen LogP contribution >= 0.6 is 0 Å². The van der Waals surface area contributed by atoms with Gasteiger partial charge in [-0.05, 0) is 12.5 Å². The first kappa shape index (κ1) is 9.86. The second-order valence-electron chi connectivity index (χ2n) is 3.39. The SMILES string of the molecule is C[C@H](O)c1nc(Cc2ccccc2)no1. The van der Waals surface area contributed by atoms with Gasteiger partial charge in [-0.2, -0.15) is 4.98 Å². The highest BCUT2D eigenvalue weighted by atomic mass is 16.5. The zero-order chi connectivity index (χ0) is 10.7. The average molecular weight is 204 g/mol. The Kier molecular flexibility index (Phi) is 2.78. The molecule has 0 aliphatic heterocycles. The van der Waals surface area contributed by atoms with E-state index in [0.29, 0.717) is 12.2 Å². The summed E-state index contributed by atoms with van der Waals surface area (Å²) in [5.41, 5.74) is 1.12. The van der Waals surface area contributed by atoms with Gasteiger partial charge in [0.1, 0.15) is 6.10 Å². The summed E-state index contributed by atoms with van der Waals surface area (Å²) in [6.45, 7) is 1.60. The first-order valence-electron chi connectivity index (χ1n) is 4.80. The third-order valence-corrected chi connectivity index (χ3v) is 2.05. The van der Waals surface area contributed by atoms with Crippen molar-refractivity contribution in [1.29, 1.82) is 0 Å². The predicted octanol–water partition coefficient (Wildman–Crippen LogP) is 1.71. The molecule has 2 aromatic rings. The standard InChI is InChI=1S/C11H12N2O2/c1-8(14)11-12-10(13-15-11)7-9-5-3-2-4-6-9/h2-6,8,14H,7H2,1H3/t8-/m0/s1. The number of rotatable bonds is 3. The molecule has 1 aromatic heterocycles. The maximum absolute atomic E-state index is 9.21.